The quantitative estimate of drug-likeness (QED) is 0.520. The van der Waals surface area contributed by atoms with Crippen LogP contribution < -0.4 is 4.90 Å². The minimum Gasteiger partial charge on any atom is -0.377 e. The molecule has 1 aliphatic heterocycles. The lowest BCUT2D eigenvalue weighted by Gasteiger charge is -2.36. The van der Waals surface area contributed by atoms with E-state index in [9.17, 15) is 4.79 Å². The minimum atomic E-state index is 0.210. The molecule has 32 heavy (non-hydrogen) atoms. The Morgan fingerprint density at radius 2 is 1.81 bits per heavy atom. The van der Waals surface area contributed by atoms with E-state index in [1.807, 2.05) is 11.0 Å². The van der Waals surface area contributed by atoms with Gasteiger partial charge >= 0.3 is 0 Å². The van der Waals surface area contributed by atoms with Crippen molar-refractivity contribution in [3.63, 3.8) is 0 Å². The van der Waals surface area contributed by atoms with Gasteiger partial charge in [0.25, 0.3) is 0 Å². The molecular weight excluding hydrogens is 422 g/mol. The van der Waals surface area contributed by atoms with Gasteiger partial charge in [0.05, 0.1) is 11.9 Å². The van der Waals surface area contributed by atoms with Gasteiger partial charge in [0, 0.05) is 44.2 Å². The Labute approximate surface area is 193 Å². The third-order valence-electron chi connectivity index (χ3n) is 6.00. The molecule has 1 amide bonds. The molecule has 3 aromatic rings. The molecule has 1 fully saturated rings. The van der Waals surface area contributed by atoms with Crippen LogP contribution in [-0.4, -0.2) is 78.6 Å². The number of methoxy groups -OCH3 is 1. The van der Waals surface area contributed by atoms with Crippen molar-refractivity contribution in [1.82, 2.24) is 19.8 Å². The van der Waals surface area contributed by atoms with E-state index in [2.05, 4.69) is 53.3 Å². The van der Waals surface area contributed by atoms with Gasteiger partial charge in [-0.2, -0.15) is 0 Å². The maximum atomic E-state index is 12.7. The molecule has 8 heteroatoms. The SMILES string of the molecule is CCN(CC)CC(=O)N1CCN(c2nc(COC)nc3scc(-c4ccccc4)c23)CC1. The predicted octanol–water partition coefficient (Wildman–Crippen LogP) is 3.50. The number of rotatable bonds is 8. The third-order valence-corrected chi connectivity index (χ3v) is 6.88. The van der Waals surface area contributed by atoms with Crippen LogP contribution in [0.3, 0.4) is 0 Å². The molecule has 0 atom stereocenters. The predicted molar refractivity (Wildman–Crippen MR) is 130 cm³/mol. The molecule has 0 spiro atoms. The average Bonchev–Trinajstić information content (AvgIpc) is 3.27. The largest absolute Gasteiger partial charge is 0.377 e. The lowest BCUT2D eigenvalue weighted by Crippen LogP contribution is -2.51. The van der Waals surface area contributed by atoms with Crippen LogP contribution in [0.4, 0.5) is 5.82 Å². The second-order valence-electron chi connectivity index (χ2n) is 7.92. The summed E-state index contributed by atoms with van der Waals surface area (Å²) in [6.45, 7) is 9.77. The number of carbonyl (C=O) groups excluding carboxylic acids is 1. The molecule has 1 aliphatic rings. The van der Waals surface area contributed by atoms with Crippen LogP contribution in [0, 0.1) is 0 Å². The van der Waals surface area contributed by atoms with Crippen LogP contribution in [0.5, 0.6) is 0 Å². The Balaban J connectivity index is 1.61. The lowest BCUT2D eigenvalue weighted by atomic mass is 10.1. The fourth-order valence-electron chi connectivity index (χ4n) is 4.13. The number of anilines is 1. The number of aromatic nitrogens is 2. The van der Waals surface area contributed by atoms with Crippen molar-refractivity contribution in [2.24, 2.45) is 0 Å². The van der Waals surface area contributed by atoms with Gasteiger partial charge in [-0.25, -0.2) is 9.97 Å². The number of carbonyl (C=O) groups is 1. The van der Waals surface area contributed by atoms with Crippen LogP contribution in [0.1, 0.15) is 19.7 Å². The molecule has 0 N–H and O–H groups in total. The number of ether oxygens (including phenoxy) is 1. The number of hydrogen-bond donors (Lipinski definition) is 0. The molecule has 1 saturated heterocycles. The molecule has 170 valence electrons. The second kappa shape index (κ2) is 10.4. The van der Waals surface area contributed by atoms with Crippen molar-refractivity contribution in [3.05, 3.63) is 41.5 Å². The smallest absolute Gasteiger partial charge is 0.236 e. The topological polar surface area (TPSA) is 61.8 Å². The first-order chi connectivity index (χ1) is 15.6. The Bertz CT molecular complexity index is 1040. The standard InChI is InChI=1S/C24H31N5O2S/c1-4-27(5-2)15-21(30)28-11-13-29(14-12-28)23-22-19(18-9-7-6-8-10-18)17-32-24(22)26-20(25-23)16-31-3/h6-10,17H,4-5,11-16H2,1-3H3. The van der Waals surface area contributed by atoms with Gasteiger partial charge < -0.3 is 14.5 Å². The molecule has 3 heterocycles. The van der Waals surface area contributed by atoms with Crippen molar-refractivity contribution >= 4 is 33.3 Å². The number of piperazine rings is 1. The summed E-state index contributed by atoms with van der Waals surface area (Å²) >= 11 is 1.64. The Morgan fingerprint density at radius 3 is 2.47 bits per heavy atom. The van der Waals surface area contributed by atoms with Crippen LogP contribution in [-0.2, 0) is 16.1 Å². The summed E-state index contributed by atoms with van der Waals surface area (Å²) in [7, 11) is 1.66. The monoisotopic (exact) mass is 453 g/mol. The van der Waals surface area contributed by atoms with Gasteiger partial charge in [0.2, 0.25) is 5.91 Å². The average molecular weight is 454 g/mol. The fourth-order valence-corrected chi connectivity index (χ4v) is 5.09. The summed E-state index contributed by atoms with van der Waals surface area (Å²) in [5.41, 5.74) is 2.32. The van der Waals surface area contributed by atoms with Gasteiger partial charge in [0.15, 0.2) is 5.82 Å². The number of benzene rings is 1. The summed E-state index contributed by atoms with van der Waals surface area (Å²) in [5.74, 6) is 1.84. The van der Waals surface area contributed by atoms with Gasteiger partial charge in [-0.1, -0.05) is 44.2 Å². The molecule has 0 unspecified atom stereocenters. The summed E-state index contributed by atoms with van der Waals surface area (Å²) in [6, 6.07) is 10.4. The van der Waals surface area contributed by atoms with Crippen molar-refractivity contribution in [1.29, 1.82) is 0 Å². The normalized spacial score (nSPS) is 14.5. The highest BCUT2D eigenvalue weighted by molar-refractivity contribution is 7.17. The number of thiophene rings is 1. The number of hydrogen-bond acceptors (Lipinski definition) is 7. The van der Waals surface area contributed by atoms with Crippen molar-refractivity contribution in [2.45, 2.75) is 20.5 Å². The number of nitrogens with zero attached hydrogens (tertiary/aromatic N) is 5. The van der Waals surface area contributed by atoms with E-state index in [1.54, 1.807) is 18.4 Å². The maximum absolute atomic E-state index is 12.7. The first kappa shape index (κ1) is 22.6. The first-order valence-electron chi connectivity index (χ1n) is 11.2. The number of amides is 1. The fraction of sp³-hybridized carbons (Fsp3) is 0.458. The van der Waals surface area contributed by atoms with Gasteiger partial charge in [0.1, 0.15) is 17.3 Å². The molecule has 0 bridgehead atoms. The van der Waals surface area contributed by atoms with E-state index < -0.39 is 0 Å². The molecule has 7 nitrogen and oxygen atoms in total. The zero-order valence-corrected chi connectivity index (χ0v) is 19.9. The molecule has 4 rings (SSSR count). The van der Waals surface area contributed by atoms with Gasteiger partial charge in [-0.15, -0.1) is 11.3 Å². The van der Waals surface area contributed by atoms with Gasteiger partial charge in [-0.3, -0.25) is 9.69 Å². The molecule has 2 aromatic heterocycles. The van der Waals surface area contributed by atoms with Crippen LogP contribution in [0.15, 0.2) is 35.7 Å². The molecular formula is C24H31N5O2S. The lowest BCUT2D eigenvalue weighted by molar-refractivity contribution is -0.132. The summed E-state index contributed by atoms with van der Waals surface area (Å²) in [5, 5.41) is 3.25. The highest BCUT2D eigenvalue weighted by atomic mass is 32.1. The van der Waals surface area contributed by atoms with E-state index in [-0.39, 0.29) is 5.91 Å². The maximum Gasteiger partial charge on any atom is 0.236 e. The highest BCUT2D eigenvalue weighted by Gasteiger charge is 2.26. The summed E-state index contributed by atoms with van der Waals surface area (Å²) in [6.07, 6.45) is 0. The number of fused-ring (bicyclic) bond motifs is 1. The van der Waals surface area contributed by atoms with E-state index in [0.717, 1.165) is 53.3 Å². The molecule has 0 radical (unpaired) electrons. The zero-order valence-electron chi connectivity index (χ0n) is 19.1. The Morgan fingerprint density at radius 1 is 1.09 bits per heavy atom. The summed E-state index contributed by atoms with van der Waals surface area (Å²) < 4.78 is 5.32. The van der Waals surface area contributed by atoms with Crippen molar-refractivity contribution in [2.75, 3.05) is 57.8 Å². The first-order valence-corrected chi connectivity index (χ1v) is 12.1. The second-order valence-corrected chi connectivity index (χ2v) is 8.78. The van der Waals surface area contributed by atoms with E-state index in [1.165, 1.54) is 0 Å². The van der Waals surface area contributed by atoms with Crippen LogP contribution >= 0.6 is 11.3 Å². The van der Waals surface area contributed by atoms with E-state index in [4.69, 9.17) is 14.7 Å². The molecule has 0 saturated carbocycles. The van der Waals surface area contributed by atoms with E-state index in [0.29, 0.717) is 32.1 Å². The molecule has 0 aliphatic carbocycles. The van der Waals surface area contributed by atoms with E-state index >= 15 is 0 Å². The Hall–Kier alpha value is -2.55. The van der Waals surface area contributed by atoms with Crippen LogP contribution in [0.2, 0.25) is 0 Å². The van der Waals surface area contributed by atoms with Gasteiger partial charge in [-0.05, 0) is 18.7 Å². The van der Waals surface area contributed by atoms with Crippen molar-refractivity contribution < 1.29 is 9.53 Å². The molecule has 1 aromatic carbocycles. The minimum absolute atomic E-state index is 0.210. The van der Waals surface area contributed by atoms with Crippen molar-refractivity contribution in [3.8, 4) is 11.1 Å². The Kier molecular flexibility index (Phi) is 7.34. The number of likely N-dealkylation sites (N-methyl/N-ethyl adjacent to an activating group) is 1. The van der Waals surface area contributed by atoms with Crippen LogP contribution in [0.25, 0.3) is 21.3 Å². The third kappa shape index (κ3) is 4.77. The zero-order chi connectivity index (χ0) is 22.5. The highest BCUT2D eigenvalue weighted by Crippen LogP contribution is 2.38. The summed E-state index contributed by atoms with van der Waals surface area (Å²) in [4.78, 5) is 29.8.